The molecule has 0 aromatic heterocycles. The lowest BCUT2D eigenvalue weighted by atomic mass is 10.2. The zero-order valence-corrected chi connectivity index (χ0v) is 11.9. The normalized spacial score (nSPS) is 25.6. The number of aliphatic hydroxyl groups excluding tert-OH is 1. The van der Waals surface area contributed by atoms with Crippen LogP contribution in [-0.4, -0.2) is 54.2 Å². The summed E-state index contributed by atoms with van der Waals surface area (Å²) >= 11 is 0. The number of hydrogen-bond acceptors (Lipinski definition) is 5. The van der Waals surface area contributed by atoms with E-state index in [9.17, 15) is 18.3 Å². The minimum atomic E-state index is -3.95. The number of fused-ring (bicyclic) bond motifs is 1. The van der Waals surface area contributed by atoms with Crippen molar-refractivity contribution < 1.29 is 28.2 Å². The van der Waals surface area contributed by atoms with Gasteiger partial charge in [0.15, 0.2) is 0 Å². The summed E-state index contributed by atoms with van der Waals surface area (Å²) in [6.45, 7) is 0.311. The summed E-state index contributed by atoms with van der Waals surface area (Å²) in [7, 11) is -3.95. The molecule has 1 fully saturated rings. The van der Waals surface area contributed by atoms with Crippen molar-refractivity contribution in [3.63, 3.8) is 0 Å². The van der Waals surface area contributed by atoms with E-state index < -0.39 is 28.1 Å². The number of nitrogens with zero attached hydrogens (tertiary/aromatic N) is 1. The Hall–Kier alpha value is -1.64. The number of benzene rings is 1. The predicted molar refractivity (Wildman–Crippen MR) is 71.6 cm³/mol. The molecule has 8 heteroatoms. The number of carboxylic acid groups (broad SMARTS) is 1. The molecule has 0 amide bonds. The van der Waals surface area contributed by atoms with Gasteiger partial charge < -0.3 is 14.9 Å². The Morgan fingerprint density at radius 2 is 2.14 bits per heavy atom. The topological polar surface area (TPSA) is 104 Å². The highest BCUT2D eigenvalue weighted by atomic mass is 32.2. The van der Waals surface area contributed by atoms with Crippen molar-refractivity contribution in [2.45, 2.75) is 29.9 Å². The second-order valence-electron chi connectivity index (χ2n) is 5.19. The molecule has 2 atom stereocenters. The number of aliphatic hydroxyl groups is 1. The quantitative estimate of drug-likeness (QED) is 0.803. The molecule has 0 bridgehead atoms. The highest BCUT2D eigenvalue weighted by molar-refractivity contribution is 7.89. The molecule has 1 aromatic rings. The average molecular weight is 313 g/mol. The molecule has 0 saturated carbocycles. The number of aliphatic carboxylic acids is 1. The van der Waals surface area contributed by atoms with Crippen LogP contribution in [0.5, 0.6) is 5.75 Å². The third kappa shape index (κ3) is 2.39. The first-order valence-electron chi connectivity index (χ1n) is 6.58. The smallest absolute Gasteiger partial charge is 0.322 e. The van der Waals surface area contributed by atoms with E-state index in [0.717, 1.165) is 9.87 Å². The van der Waals surface area contributed by atoms with Crippen LogP contribution in [0.4, 0.5) is 0 Å². The molecule has 7 nitrogen and oxygen atoms in total. The van der Waals surface area contributed by atoms with Gasteiger partial charge >= 0.3 is 5.97 Å². The summed E-state index contributed by atoms with van der Waals surface area (Å²) in [5, 5.41) is 18.7. The molecule has 2 N–H and O–H groups in total. The van der Waals surface area contributed by atoms with Crippen LogP contribution in [0, 0.1) is 0 Å². The number of ether oxygens (including phenoxy) is 1. The zero-order chi connectivity index (χ0) is 15.2. The second-order valence-corrected chi connectivity index (χ2v) is 7.08. The number of rotatable bonds is 3. The lowest BCUT2D eigenvalue weighted by molar-refractivity contribution is -0.140. The predicted octanol–water partition coefficient (Wildman–Crippen LogP) is -0.170. The number of sulfonamides is 1. The van der Waals surface area contributed by atoms with Gasteiger partial charge in [0, 0.05) is 19.4 Å². The molecule has 0 aliphatic carbocycles. The van der Waals surface area contributed by atoms with Gasteiger partial charge in [-0.25, -0.2) is 8.42 Å². The molecule has 1 aromatic carbocycles. The molecule has 21 heavy (non-hydrogen) atoms. The standard InChI is InChI=1S/C13H15NO6S/c15-9-6-11(13(16)17)14(7-9)21(18,19)10-1-2-12-8(5-10)3-4-20-12/h1-2,5,9,11,15H,3-4,6-7H2,(H,16,17)/t9?,11-/m0/s1. The Bertz CT molecular complexity index is 686. The second kappa shape index (κ2) is 4.97. The van der Waals surface area contributed by atoms with E-state index >= 15 is 0 Å². The number of carboxylic acids is 1. The molecule has 0 radical (unpaired) electrons. The van der Waals surface area contributed by atoms with Crippen LogP contribution in [0.1, 0.15) is 12.0 Å². The maximum Gasteiger partial charge on any atom is 0.322 e. The van der Waals surface area contributed by atoms with Gasteiger partial charge in [-0.05, 0) is 23.8 Å². The molecular weight excluding hydrogens is 298 g/mol. The van der Waals surface area contributed by atoms with E-state index in [4.69, 9.17) is 9.84 Å². The SMILES string of the molecule is O=C(O)[C@@H]1CC(O)CN1S(=O)(=O)c1ccc2c(c1)CCO2. The van der Waals surface area contributed by atoms with E-state index in [1.165, 1.54) is 12.1 Å². The fourth-order valence-electron chi connectivity index (χ4n) is 2.73. The molecule has 3 rings (SSSR count). The summed E-state index contributed by atoms with van der Waals surface area (Å²) in [6, 6.07) is 3.27. The Morgan fingerprint density at radius 1 is 1.38 bits per heavy atom. The van der Waals surface area contributed by atoms with Crippen molar-refractivity contribution >= 4 is 16.0 Å². The highest BCUT2D eigenvalue weighted by Gasteiger charge is 2.43. The molecule has 1 saturated heterocycles. The van der Waals surface area contributed by atoms with Crippen molar-refractivity contribution in [3.8, 4) is 5.75 Å². The van der Waals surface area contributed by atoms with Crippen molar-refractivity contribution in [2.24, 2.45) is 0 Å². The van der Waals surface area contributed by atoms with Crippen LogP contribution < -0.4 is 4.74 Å². The molecule has 0 spiro atoms. The molecule has 1 unspecified atom stereocenters. The number of hydrogen-bond donors (Lipinski definition) is 2. The van der Waals surface area contributed by atoms with Gasteiger partial charge in [-0.3, -0.25) is 4.79 Å². The highest BCUT2D eigenvalue weighted by Crippen LogP contribution is 2.31. The van der Waals surface area contributed by atoms with Gasteiger partial charge in [-0.2, -0.15) is 4.31 Å². The molecule has 114 valence electrons. The van der Waals surface area contributed by atoms with Gasteiger partial charge in [-0.15, -0.1) is 0 Å². The molecule has 2 heterocycles. The first-order valence-corrected chi connectivity index (χ1v) is 8.02. The van der Waals surface area contributed by atoms with Crippen LogP contribution in [-0.2, 0) is 21.2 Å². The largest absolute Gasteiger partial charge is 0.493 e. The summed E-state index contributed by atoms with van der Waals surface area (Å²) in [5.74, 6) is -0.593. The van der Waals surface area contributed by atoms with Gasteiger partial charge in [0.05, 0.1) is 17.6 Å². The third-order valence-electron chi connectivity index (χ3n) is 3.79. The van der Waals surface area contributed by atoms with Crippen LogP contribution in [0.15, 0.2) is 23.1 Å². The fraction of sp³-hybridized carbons (Fsp3) is 0.462. The lowest BCUT2D eigenvalue weighted by Crippen LogP contribution is -2.40. The first kappa shape index (κ1) is 14.3. The Kier molecular flexibility index (Phi) is 3.39. The first-order chi connectivity index (χ1) is 9.89. The maximum atomic E-state index is 12.6. The Balaban J connectivity index is 1.98. The van der Waals surface area contributed by atoms with Crippen LogP contribution in [0.3, 0.4) is 0 Å². The van der Waals surface area contributed by atoms with Crippen LogP contribution in [0.25, 0.3) is 0 Å². The molecular formula is C13H15NO6S. The number of carbonyl (C=O) groups is 1. The van der Waals surface area contributed by atoms with Crippen LogP contribution in [0.2, 0.25) is 0 Å². The molecule has 2 aliphatic rings. The van der Waals surface area contributed by atoms with Gasteiger partial charge in [0.1, 0.15) is 11.8 Å². The van der Waals surface area contributed by atoms with E-state index in [1.807, 2.05) is 0 Å². The Morgan fingerprint density at radius 3 is 2.86 bits per heavy atom. The van der Waals surface area contributed by atoms with E-state index in [-0.39, 0.29) is 17.9 Å². The summed E-state index contributed by atoms with van der Waals surface area (Å²) in [5.41, 5.74) is 0.794. The van der Waals surface area contributed by atoms with Gasteiger partial charge in [0.2, 0.25) is 10.0 Å². The molecule has 2 aliphatic heterocycles. The van der Waals surface area contributed by atoms with Gasteiger partial charge in [0.25, 0.3) is 0 Å². The van der Waals surface area contributed by atoms with E-state index in [0.29, 0.717) is 18.8 Å². The van der Waals surface area contributed by atoms with E-state index in [2.05, 4.69) is 0 Å². The minimum absolute atomic E-state index is 0.0344. The monoisotopic (exact) mass is 313 g/mol. The lowest BCUT2D eigenvalue weighted by Gasteiger charge is -2.21. The zero-order valence-electron chi connectivity index (χ0n) is 11.1. The van der Waals surface area contributed by atoms with Crippen LogP contribution >= 0.6 is 0 Å². The average Bonchev–Trinajstić information content (AvgIpc) is 3.03. The fourth-order valence-corrected chi connectivity index (χ4v) is 4.41. The van der Waals surface area contributed by atoms with Crippen molar-refractivity contribution in [1.29, 1.82) is 0 Å². The maximum absolute atomic E-state index is 12.6. The minimum Gasteiger partial charge on any atom is -0.493 e. The summed E-state index contributed by atoms with van der Waals surface area (Å²) in [6.07, 6.45) is -0.426. The van der Waals surface area contributed by atoms with E-state index in [1.54, 1.807) is 6.07 Å². The third-order valence-corrected chi connectivity index (χ3v) is 5.66. The van der Waals surface area contributed by atoms with Crippen molar-refractivity contribution in [3.05, 3.63) is 23.8 Å². The van der Waals surface area contributed by atoms with Crippen molar-refractivity contribution in [2.75, 3.05) is 13.2 Å². The Labute approximate surface area is 121 Å². The number of β-amino-alcohol motifs (C(OH)–C–C–N with tert-alkyl or cyclic N) is 1. The summed E-state index contributed by atoms with van der Waals surface area (Å²) < 4.78 is 31.4. The van der Waals surface area contributed by atoms with Gasteiger partial charge in [-0.1, -0.05) is 0 Å². The van der Waals surface area contributed by atoms with Crippen molar-refractivity contribution in [1.82, 2.24) is 4.31 Å². The summed E-state index contributed by atoms with van der Waals surface area (Å²) in [4.78, 5) is 11.2.